The number of H-pyrrole nitrogens is 1. The molecule has 2 aromatic heterocycles. The molecule has 1 fully saturated rings. The summed E-state index contributed by atoms with van der Waals surface area (Å²) in [6, 6.07) is 13.9. The van der Waals surface area contributed by atoms with Crippen molar-refractivity contribution in [2.45, 2.75) is 32.1 Å². The Morgan fingerprint density at radius 1 is 1.11 bits per heavy atom. The number of aromatic nitrogens is 2. The van der Waals surface area contributed by atoms with Gasteiger partial charge in [-0.15, -0.1) is 0 Å². The molecule has 0 atom stereocenters. The zero-order chi connectivity index (χ0) is 18.3. The number of aromatic amines is 1. The predicted molar refractivity (Wildman–Crippen MR) is 103 cm³/mol. The molecule has 27 heavy (non-hydrogen) atoms. The van der Waals surface area contributed by atoms with Crippen LogP contribution in [0.25, 0.3) is 0 Å². The van der Waals surface area contributed by atoms with Crippen molar-refractivity contribution in [1.82, 2.24) is 14.9 Å². The van der Waals surface area contributed by atoms with Crippen molar-refractivity contribution < 1.29 is 9.15 Å². The van der Waals surface area contributed by atoms with Crippen LogP contribution >= 0.6 is 0 Å². The van der Waals surface area contributed by atoms with Crippen LogP contribution in [0.15, 0.2) is 59.4 Å². The first kappa shape index (κ1) is 17.6. The van der Waals surface area contributed by atoms with Crippen LogP contribution in [0.4, 0.5) is 0 Å². The van der Waals surface area contributed by atoms with Gasteiger partial charge in [-0.1, -0.05) is 24.1 Å². The van der Waals surface area contributed by atoms with Crippen molar-refractivity contribution in [3.63, 3.8) is 0 Å². The molecule has 1 saturated heterocycles. The molecule has 0 bridgehead atoms. The first-order valence-electron chi connectivity index (χ1n) is 9.32. The van der Waals surface area contributed by atoms with E-state index in [-0.39, 0.29) is 0 Å². The Bertz CT molecular complexity index is 883. The number of nitrogens with zero attached hydrogens (tertiary/aromatic N) is 2. The van der Waals surface area contributed by atoms with Crippen LogP contribution in [0, 0.1) is 11.8 Å². The average Bonchev–Trinajstić information content (AvgIpc) is 3.39. The number of ether oxygens (including phenoxy) is 1. The van der Waals surface area contributed by atoms with Crippen molar-refractivity contribution in [3.05, 3.63) is 77.8 Å². The number of hydrogen-bond acceptors (Lipinski definition) is 4. The molecule has 0 saturated carbocycles. The fourth-order valence-electron chi connectivity index (χ4n) is 3.21. The largest absolute Gasteiger partial charge is 0.451 e. The van der Waals surface area contributed by atoms with Crippen molar-refractivity contribution in [1.29, 1.82) is 0 Å². The SMILES string of the molecule is C(#Cc1ccc(CN2CCC(OCc3c[nH]cn3)CC2)o1)c1ccccc1. The molecule has 0 radical (unpaired) electrons. The van der Waals surface area contributed by atoms with E-state index in [0.717, 1.165) is 49.5 Å². The Morgan fingerprint density at radius 2 is 1.96 bits per heavy atom. The van der Waals surface area contributed by atoms with Gasteiger partial charge >= 0.3 is 0 Å². The summed E-state index contributed by atoms with van der Waals surface area (Å²) in [7, 11) is 0. The molecular formula is C22H23N3O2. The van der Waals surface area contributed by atoms with Crippen molar-refractivity contribution >= 4 is 0 Å². The number of imidazole rings is 1. The van der Waals surface area contributed by atoms with E-state index >= 15 is 0 Å². The maximum atomic E-state index is 5.95. The lowest BCUT2D eigenvalue weighted by molar-refractivity contribution is -0.00615. The van der Waals surface area contributed by atoms with Gasteiger partial charge in [0.1, 0.15) is 5.76 Å². The van der Waals surface area contributed by atoms with E-state index in [0.29, 0.717) is 18.5 Å². The van der Waals surface area contributed by atoms with E-state index in [1.165, 1.54) is 0 Å². The number of furan rings is 1. The van der Waals surface area contributed by atoms with Crippen LogP contribution in [0.2, 0.25) is 0 Å². The highest BCUT2D eigenvalue weighted by molar-refractivity contribution is 5.39. The second kappa shape index (κ2) is 8.72. The maximum Gasteiger partial charge on any atom is 0.177 e. The lowest BCUT2D eigenvalue weighted by Gasteiger charge is -2.31. The lowest BCUT2D eigenvalue weighted by atomic mass is 10.1. The van der Waals surface area contributed by atoms with E-state index in [2.05, 4.69) is 26.7 Å². The molecule has 3 heterocycles. The zero-order valence-electron chi connectivity index (χ0n) is 15.2. The number of likely N-dealkylation sites (tertiary alicyclic amines) is 1. The molecule has 1 aromatic carbocycles. The smallest absolute Gasteiger partial charge is 0.177 e. The Kier molecular flexibility index (Phi) is 5.68. The highest BCUT2D eigenvalue weighted by Gasteiger charge is 2.20. The number of hydrogen-bond donors (Lipinski definition) is 1. The summed E-state index contributed by atoms with van der Waals surface area (Å²) >= 11 is 0. The zero-order valence-corrected chi connectivity index (χ0v) is 15.2. The van der Waals surface area contributed by atoms with Gasteiger partial charge < -0.3 is 14.1 Å². The molecule has 1 aliphatic rings. The molecular weight excluding hydrogens is 338 g/mol. The second-order valence-corrected chi connectivity index (χ2v) is 6.73. The molecule has 0 spiro atoms. The molecule has 1 N–H and O–H groups in total. The van der Waals surface area contributed by atoms with Crippen LogP contribution < -0.4 is 0 Å². The third-order valence-electron chi connectivity index (χ3n) is 4.70. The summed E-state index contributed by atoms with van der Waals surface area (Å²) in [6.45, 7) is 3.42. The van der Waals surface area contributed by atoms with Gasteiger partial charge in [-0.25, -0.2) is 4.98 Å². The van der Waals surface area contributed by atoms with E-state index in [9.17, 15) is 0 Å². The minimum atomic E-state index is 0.307. The molecule has 3 aromatic rings. The standard InChI is InChI=1S/C22H23N3O2/c1-2-4-18(5-3-1)6-7-21-8-9-22(27-21)15-25-12-10-20(11-13-25)26-16-19-14-23-17-24-19/h1-5,8-9,14,17,20H,10-13,15-16H2,(H,23,24). The fraction of sp³-hybridized carbons (Fsp3) is 0.318. The second-order valence-electron chi connectivity index (χ2n) is 6.73. The van der Waals surface area contributed by atoms with E-state index in [1.54, 1.807) is 6.33 Å². The van der Waals surface area contributed by atoms with Gasteiger partial charge in [-0.3, -0.25) is 4.90 Å². The molecule has 5 heteroatoms. The van der Waals surface area contributed by atoms with Gasteiger partial charge in [-0.05, 0) is 43.0 Å². The summed E-state index contributed by atoms with van der Waals surface area (Å²) < 4.78 is 11.8. The van der Waals surface area contributed by atoms with Crippen LogP contribution in [0.1, 0.15) is 35.6 Å². The fourth-order valence-corrected chi connectivity index (χ4v) is 3.21. The Labute approximate surface area is 159 Å². The van der Waals surface area contributed by atoms with Crippen LogP contribution in [0.5, 0.6) is 0 Å². The molecule has 5 nitrogen and oxygen atoms in total. The minimum absolute atomic E-state index is 0.307. The molecule has 4 rings (SSSR count). The topological polar surface area (TPSA) is 54.3 Å². The van der Waals surface area contributed by atoms with E-state index < -0.39 is 0 Å². The Hall–Kier alpha value is -2.81. The summed E-state index contributed by atoms with van der Waals surface area (Å²) in [5.74, 6) is 7.90. The number of nitrogens with one attached hydrogen (secondary N) is 1. The normalized spacial score (nSPS) is 15.4. The lowest BCUT2D eigenvalue weighted by Crippen LogP contribution is -2.36. The highest BCUT2D eigenvalue weighted by atomic mass is 16.5. The molecule has 138 valence electrons. The van der Waals surface area contributed by atoms with Crippen LogP contribution in [-0.4, -0.2) is 34.1 Å². The predicted octanol–water partition coefficient (Wildman–Crippen LogP) is 3.58. The Morgan fingerprint density at radius 3 is 2.74 bits per heavy atom. The van der Waals surface area contributed by atoms with E-state index in [1.807, 2.05) is 48.7 Å². The van der Waals surface area contributed by atoms with Crippen LogP contribution in [0.3, 0.4) is 0 Å². The summed E-state index contributed by atoms with van der Waals surface area (Å²) in [6.07, 6.45) is 5.94. The van der Waals surface area contributed by atoms with Crippen molar-refractivity contribution in [2.75, 3.05) is 13.1 Å². The van der Waals surface area contributed by atoms with E-state index in [4.69, 9.17) is 9.15 Å². The van der Waals surface area contributed by atoms with Crippen LogP contribution in [-0.2, 0) is 17.9 Å². The summed E-state index contributed by atoms with van der Waals surface area (Å²) in [5.41, 5.74) is 1.95. The summed E-state index contributed by atoms with van der Waals surface area (Å²) in [5, 5.41) is 0. The monoisotopic (exact) mass is 361 g/mol. The third kappa shape index (κ3) is 5.10. The number of rotatable bonds is 5. The van der Waals surface area contributed by atoms with Gasteiger partial charge in [-0.2, -0.15) is 0 Å². The van der Waals surface area contributed by atoms with Gasteiger partial charge in [0.25, 0.3) is 0 Å². The van der Waals surface area contributed by atoms with Gasteiger partial charge in [0.15, 0.2) is 5.76 Å². The quantitative estimate of drug-likeness (QED) is 0.706. The highest BCUT2D eigenvalue weighted by Crippen LogP contribution is 2.18. The maximum absolute atomic E-state index is 5.95. The minimum Gasteiger partial charge on any atom is -0.451 e. The molecule has 1 aliphatic heterocycles. The molecule has 0 amide bonds. The van der Waals surface area contributed by atoms with Crippen molar-refractivity contribution in [3.8, 4) is 11.8 Å². The number of benzene rings is 1. The Balaban J connectivity index is 1.24. The summed E-state index contributed by atoms with van der Waals surface area (Å²) in [4.78, 5) is 9.55. The molecule has 0 unspecified atom stereocenters. The average molecular weight is 361 g/mol. The van der Waals surface area contributed by atoms with Gasteiger partial charge in [0, 0.05) is 24.8 Å². The van der Waals surface area contributed by atoms with Gasteiger partial charge in [0.2, 0.25) is 0 Å². The molecule has 0 aliphatic carbocycles. The van der Waals surface area contributed by atoms with Crippen molar-refractivity contribution in [2.24, 2.45) is 0 Å². The first-order chi connectivity index (χ1) is 13.3. The third-order valence-corrected chi connectivity index (χ3v) is 4.70. The number of piperidine rings is 1. The van der Waals surface area contributed by atoms with Gasteiger partial charge in [0.05, 0.1) is 31.3 Å². The first-order valence-corrected chi connectivity index (χ1v) is 9.32.